The molecule has 0 bridgehead atoms. The van der Waals surface area contributed by atoms with Crippen molar-refractivity contribution >= 4 is 0 Å². The lowest BCUT2D eigenvalue weighted by Gasteiger charge is -2.43. The van der Waals surface area contributed by atoms with Crippen molar-refractivity contribution in [2.45, 2.75) is 70.8 Å². The fraction of sp³-hybridized carbons (Fsp3) is 1.00. The van der Waals surface area contributed by atoms with E-state index < -0.39 is 0 Å². The summed E-state index contributed by atoms with van der Waals surface area (Å²) in [4.78, 5) is 2.70. The molecule has 2 heteroatoms. The van der Waals surface area contributed by atoms with Crippen LogP contribution in [0.5, 0.6) is 0 Å². The summed E-state index contributed by atoms with van der Waals surface area (Å²) in [6.07, 6.45) is 12.8. The number of hydrogen-bond acceptors (Lipinski definition) is 2. The Hall–Kier alpha value is -0.0800. The van der Waals surface area contributed by atoms with Crippen molar-refractivity contribution < 1.29 is 0 Å². The van der Waals surface area contributed by atoms with Crippen molar-refractivity contribution in [3.8, 4) is 0 Å². The smallest absolute Gasteiger partial charge is 0.00924 e. The highest BCUT2D eigenvalue weighted by molar-refractivity contribution is 4.89. The molecule has 0 aromatic heterocycles. The minimum atomic E-state index is 0.569. The van der Waals surface area contributed by atoms with E-state index in [-0.39, 0.29) is 0 Å². The largest absolute Gasteiger partial charge is 0.316 e. The van der Waals surface area contributed by atoms with Gasteiger partial charge < -0.3 is 10.2 Å². The second-order valence-corrected chi connectivity index (χ2v) is 6.74. The first-order chi connectivity index (χ1) is 8.76. The van der Waals surface area contributed by atoms with Crippen LogP contribution in [0, 0.1) is 5.41 Å². The molecule has 18 heavy (non-hydrogen) atoms. The molecule has 1 atom stereocenters. The predicted octanol–water partition coefficient (Wildman–Crippen LogP) is 3.42. The minimum absolute atomic E-state index is 0.569. The Morgan fingerprint density at radius 1 is 1.17 bits per heavy atom. The van der Waals surface area contributed by atoms with Crippen molar-refractivity contribution in [3.63, 3.8) is 0 Å². The van der Waals surface area contributed by atoms with E-state index in [4.69, 9.17) is 0 Å². The molecule has 2 nitrogen and oxygen atoms in total. The van der Waals surface area contributed by atoms with Gasteiger partial charge in [-0.05, 0) is 51.1 Å². The lowest BCUT2D eigenvalue weighted by atomic mass is 9.76. The van der Waals surface area contributed by atoms with E-state index in [1.807, 2.05) is 0 Å². The maximum atomic E-state index is 3.64. The molecule has 2 rings (SSSR count). The molecule has 0 spiro atoms. The van der Waals surface area contributed by atoms with Crippen LogP contribution < -0.4 is 5.32 Å². The van der Waals surface area contributed by atoms with Crippen LogP contribution in [0.4, 0.5) is 0 Å². The molecule has 1 heterocycles. The molecule has 0 radical (unpaired) electrons. The summed E-state index contributed by atoms with van der Waals surface area (Å²) in [6, 6.07) is 0.870. The summed E-state index contributed by atoms with van der Waals surface area (Å²) in [7, 11) is 2.38. The Morgan fingerprint density at radius 3 is 2.56 bits per heavy atom. The zero-order valence-corrected chi connectivity index (χ0v) is 12.5. The highest BCUT2D eigenvalue weighted by Gasteiger charge is 2.33. The minimum Gasteiger partial charge on any atom is -0.316 e. The monoisotopic (exact) mass is 252 g/mol. The van der Waals surface area contributed by atoms with E-state index in [9.17, 15) is 0 Å². The first-order valence-electron chi connectivity index (χ1n) is 8.17. The number of rotatable bonds is 5. The summed E-state index contributed by atoms with van der Waals surface area (Å²) in [6.45, 7) is 6.14. The van der Waals surface area contributed by atoms with E-state index in [2.05, 4.69) is 24.2 Å². The van der Waals surface area contributed by atoms with Gasteiger partial charge in [-0.1, -0.05) is 32.6 Å². The highest BCUT2D eigenvalue weighted by Crippen LogP contribution is 2.34. The van der Waals surface area contributed by atoms with Gasteiger partial charge in [-0.15, -0.1) is 0 Å². The van der Waals surface area contributed by atoms with E-state index in [1.165, 1.54) is 77.4 Å². The maximum absolute atomic E-state index is 3.64. The van der Waals surface area contributed by atoms with Gasteiger partial charge in [0.15, 0.2) is 0 Å². The predicted molar refractivity (Wildman–Crippen MR) is 78.9 cm³/mol. The lowest BCUT2D eigenvalue weighted by Crippen LogP contribution is -2.49. The summed E-state index contributed by atoms with van der Waals surface area (Å²) in [5.74, 6) is 0. The van der Waals surface area contributed by atoms with E-state index in [1.54, 1.807) is 0 Å². The molecular weight excluding hydrogens is 220 g/mol. The molecule has 0 aromatic rings. The Kier molecular flexibility index (Phi) is 5.50. The summed E-state index contributed by atoms with van der Waals surface area (Å²) < 4.78 is 0. The highest BCUT2D eigenvalue weighted by atomic mass is 15.1. The van der Waals surface area contributed by atoms with Gasteiger partial charge >= 0.3 is 0 Å². The van der Waals surface area contributed by atoms with Crippen LogP contribution in [0.2, 0.25) is 0 Å². The quantitative estimate of drug-likeness (QED) is 0.806. The van der Waals surface area contributed by atoms with Gasteiger partial charge in [-0.25, -0.2) is 0 Å². The topological polar surface area (TPSA) is 15.3 Å². The second kappa shape index (κ2) is 6.91. The van der Waals surface area contributed by atoms with E-state index in [0.717, 1.165) is 6.04 Å². The molecule has 2 fully saturated rings. The number of hydrogen-bond donors (Lipinski definition) is 1. The van der Waals surface area contributed by atoms with Crippen molar-refractivity contribution in [1.29, 1.82) is 0 Å². The van der Waals surface area contributed by atoms with Crippen molar-refractivity contribution in [2.24, 2.45) is 5.41 Å². The molecule has 0 aromatic carbocycles. The zero-order valence-electron chi connectivity index (χ0n) is 12.5. The Bertz CT molecular complexity index is 222. The average molecular weight is 252 g/mol. The SMILES string of the molecule is CCCC1(CN(C)C2CCCCC2)CCCNC1. The maximum Gasteiger partial charge on any atom is 0.00924 e. The van der Waals surface area contributed by atoms with Crippen LogP contribution in [0.15, 0.2) is 0 Å². The van der Waals surface area contributed by atoms with Gasteiger partial charge in [-0.2, -0.15) is 0 Å². The van der Waals surface area contributed by atoms with Gasteiger partial charge in [0.25, 0.3) is 0 Å². The fourth-order valence-corrected chi connectivity index (χ4v) is 4.17. The number of nitrogens with one attached hydrogen (secondary N) is 1. The third-order valence-electron chi connectivity index (χ3n) is 5.12. The van der Waals surface area contributed by atoms with Crippen LogP contribution in [0.25, 0.3) is 0 Å². The van der Waals surface area contributed by atoms with Crippen LogP contribution >= 0.6 is 0 Å². The Labute approximate surface area is 114 Å². The van der Waals surface area contributed by atoms with Crippen molar-refractivity contribution in [3.05, 3.63) is 0 Å². The van der Waals surface area contributed by atoms with Crippen LogP contribution in [-0.2, 0) is 0 Å². The van der Waals surface area contributed by atoms with Crippen molar-refractivity contribution in [1.82, 2.24) is 10.2 Å². The molecule has 1 N–H and O–H groups in total. The molecule has 1 saturated carbocycles. The Morgan fingerprint density at radius 2 is 1.94 bits per heavy atom. The molecule has 1 aliphatic heterocycles. The molecule has 0 amide bonds. The third kappa shape index (κ3) is 3.71. The Balaban J connectivity index is 1.90. The molecule has 1 aliphatic carbocycles. The van der Waals surface area contributed by atoms with Crippen LogP contribution in [0.1, 0.15) is 64.7 Å². The third-order valence-corrected chi connectivity index (χ3v) is 5.12. The molecule has 106 valence electrons. The molecular formula is C16H32N2. The lowest BCUT2D eigenvalue weighted by molar-refractivity contribution is 0.0826. The molecule has 1 saturated heterocycles. The van der Waals surface area contributed by atoms with Gasteiger partial charge in [0.2, 0.25) is 0 Å². The van der Waals surface area contributed by atoms with Gasteiger partial charge in [0.1, 0.15) is 0 Å². The number of piperidine rings is 1. The van der Waals surface area contributed by atoms with Gasteiger partial charge in [0.05, 0.1) is 0 Å². The standard InChI is InChI=1S/C16H32N2/c1-3-10-16(11-7-12-17-13-16)14-18(2)15-8-5-4-6-9-15/h15,17H,3-14H2,1-2H3. The van der Waals surface area contributed by atoms with E-state index >= 15 is 0 Å². The first kappa shape index (κ1) is 14.3. The fourth-order valence-electron chi connectivity index (χ4n) is 4.17. The van der Waals surface area contributed by atoms with E-state index in [0.29, 0.717) is 5.41 Å². The summed E-state index contributed by atoms with van der Waals surface area (Å²) >= 11 is 0. The van der Waals surface area contributed by atoms with Crippen molar-refractivity contribution in [2.75, 3.05) is 26.7 Å². The van der Waals surface area contributed by atoms with Gasteiger partial charge in [-0.3, -0.25) is 0 Å². The zero-order chi connectivity index (χ0) is 12.8. The van der Waals surface area contributed by atoms with Gasteiger partial charge in [0, 0.05) is 19.1 Å². The molecule has 1 unspecified atom stereocenters. The van der Waals surface area contributed by atoms with Crippen LogP contribution in [-0.4, -0.2) is 37.6 Å². The second-order valence-electron chi connectivity index (χ2n) is 6.74. The number of nitrogens with zero attached hydrogens (tertiary/aromatic N) is 1. The molecule has 2 aliphatic rings. The average Bonchev–Trinajstić information content (AvgIpc) is 2.41. The summed E-state index contributed by atoms with van der Waals surface area (Å²) in [5, 5.41) is 3.64. The summed E-state index contributed by atoms with van der Waals surface area (Å²) in [5.41, 5.74) is 0.569. The van der Waals surface area contributed by atoms with Crippen LogP contribution in [0.3, 0.4) is 0 Å². The normalized spacial score (nSPS) is 30.8. The first-order valence-corrected chi connectivity index (χ1v) is 8.17.